The lowest BCUT2D eigenvalue weighted by Crippen LogP contribution is -2.22. The van der Waals surface area contributed by atoms with Crippen molar-refractivity contribution in [1.82, 2.24) is 15.6 Å². The molecule has 5 nitrogen and oxygen atoms in total. The van der Waals surface area contributed by atoms with E-state index in [0.29, 0.717) is 0 Å². The zero-order valence-corrected chi connectivity index (χ0v) is 7.64. The summed E-state index contributed by atoms with van der Waals surface area (Å²) in [6.07, 6.45) is 0. The van der Waals surface area contributed by atoms with Crippen LogP contribution in [-0.4, -0.2) is 16.9 Å². The van der Waals surface area contributed by atoms with E-state index >= 15 is 0 Å². The number of amides is 3. The van der Waals surface area contributed by atoms with Gasteiger partial charge in [-0.2, -0.15) is 0 Å². The Morgan fingerprint density at radius 1 is 1.54 bits per heavy atom. The lowest BCUT2D eigenvalue weighted by molar-refractivity contribution is -0.120. The van der Waals surface area contributed by atoms with Crippen LogP contribution in [0.15, 0.2) is 5.51 Å². The van der Waals surface area contributed by atoms with Gasteiger partial charge >= 0.3 is 6.03 Å². The molecule has 0 aliphatic carbocycles. The van der Waals surface area contributed by atoms with Crippen molar-refractivity contribution in [1.29, 1.82) is 0 Å². The Balaban J connectivity index is 2.32. The van der Waals surface area contributed by atoms with E-state index in [4.69, 9.17) is 0 Å². The minimum absolute atomic E-state index is 0.308. The molecule has 0 spiro atoms. The summed E-state index contributed by atoms with van der Waals surface area (Å²) in [6, 6.07) is -0.997. The van der Waals surface area contributed by atoms with E-state index in [1.807, 2.05) is 6.92 Å². The maximum atomic E-state index is 11.2. The van der Waals surface area contributed by atoms with Gasteiger partial charge in [-0.05, 0) is 6.92 Å². The predicted molar refractivity (Wildman–Crippen MR) is 46.3 cm³/mol. The van der Waals surface area contributed by atoms with E-state index in [1.54, 1.807) is 5.51 Å². The van der Waals surface area contributed by atoms with Crippen molar-refractivity contribution < 1.29 is 9.59 Å². The van der Waals surface area contributed by atoms with Gasteiger partial charge in [-0.1, -0.05) is 0 Å². The van der Waals surface area contributed by atoms with E-state index in [-0.39, 0.29) is 5.91 Å². The fourth-order valence-electron chi connectivity index (χ4n) is 1.19. The lowest BCUT2D eigenvalue weighted by Gasteiger charge is -2.03. The van der Waals surface area contributed by atoms with Crippen molar-refractivity contribution in [3.63, 3.8) is 0 Å². The fourth-order valence-corrected chi connectivity index (χ4v) is 2.04. The quantitative estimate of drug-likeness (QED) is 0.637. The Kier molecular flexibility index (Phi) is 1.77. The number of nitrogens with one attached hydrogen (secondary N) is 2. The van der Waals surface area contributed by atoms with Crippen molar-refractivity contribution in [2.75, 3.05) is 0 Å². The van der Waals surface area contributed by atoms with Crippen LogP contribution in [0.25, 0.3) is 0 Å². The van der Waals surface area contributed by atoms with E-state index < -0.39 is 12.1 Å². The highest BCUT2D eigenvalue weighted by molar-refractivity contribution is 7.10. The Morgan fingerprint density at radius 2 is 2.31 bits per heavy atom. The first kappa shape index (κ1) is 8.18. The van der Waals surface area contributed by atoms with Crippen molar-refractivity contribution in [3.05, 3.63) is 16.1 Å². The molecule has 1 saturated heterocycles. The first-order valence-electron chi connectivity index (χ1n) is 3.70. The second kappa shape index (κ2) is 2.81. The molecule has 1 aromatic heterocycles. The summed E-state index contributed by atoms with van der Waals surface area (Å²) in [5.41, 5.74) is 2.44. The molecule has 0 saturated carbocycles. The SMILES string of the molecule is Cc1ncsc1[C@H]1NC(=O)NC1=O. The van der Waals surface area contributed by atoms with Crippen molar-refractivity contribution in [2.45, 2.75) is 13.0 Å². The molecule has 1 aliphatic heterocycles. The van der Waals surface area contributed by atoms with E-state index in [9.17, 15) is 9.59 Å². The van der Waals surface area contributed by atoms with E-state index in [0.717, 1.165) is 10.6 Å². The highest BCUT2D eigenvalue weighted by Gasteiger charge is 2.32. The third-order valence-electron chi connectivity index (χ3n) is 1.82. The summed E-state index contributed by atoms with van der Waals surface area (Å²) in [5, 5.41) is 4.69. The van der Waals surface area contributed by atoms with Crippen LogP contribution < -0.4 is 10.6 Å². The Morgan fingerprint density at radius 3 is 2.77 bits per heavy atom. The topological polar surface area (TPSA) is 71.1 Å². The van der Waals surface area contributed by atoms with Gasteiger partial charge in [-0.25, -0.2) is 9.78 Å². The smallest absolute Gasteiger partial charge is 0.321 e. The maximum Gasteiger partial charge on any atom is 0.322 e. The number of urea groups is 1. The maximum absolute atomic E-state index is 11.2. The predicted octanol–water partition coefficient (Wildman–Crippen LogP) is 0.332. The number of hydrogen-bond acceptors (Lipinski definition) is 4. The highest BCUT2D eigenvalue weighted by Crippen LogP contribution is 2.23. The van der Waals surface area contributed by atoms with Gasteiger partial charge in [-0.3, -0.25) is 10.1 Å². The van der Waals surface area contributed by atoms with Crippen molar-refractivity contribution in [2.24, 2.45) is 0 Å². The number of thiazole rings is 1. The fraction of sp³-hybridized carbons (Fsp3) is 0.286. The van der Waals surface area contributed by atoms with Crippen LogP contribution in [0.3, 0.4) is 0 Å². The Hall–Kier alpha value is -1.43. The molecule has 2 N–H and O–H groups in total. The second-order valence-corrected chi connectivity index (χ2v) is 3.58. The molecule has 68 valence electrons. The zero-order chi connectivity index (χ0) is 9.42. The van der Waals surface area contributed by atoms with Gasteiger partial charge in [-0.15, -0.1) is 11.3 Å². The van der Waals surface area contributed by atoms with Gasteiger partial charge in [0.05, 0.1) is 16.1 Å². The van der Waals surface area contributed by atoms with Crippen molar-refractivity contribution in [3.8, 4) is 0 Å². The molecule has 1 atom stereocenters. The van der Waals surface area contributed by atoms with Gasteiger partial charge in [0.15, 0.2) is 0 Å². The van der Waals surface area contributed by atoms with Crippen LogP contribution in [0.1, 0.15) is 16.6 Å². The highest BCUT2D eigenvalue weighted by atomic mass is 32.1. The Bertz CT molecular complexity index is 374. The van der Waals surface area contributed by atoms with Crippen LogP contribution >= 0.6 is 11.3 Å². The number of aryl methyl sites for hydroxylation is 1. The molecule has 1 aliphatic rings. The summed E-state index contributed by atoms with van der Waals surface area (Å²) in [6.45, 7) is 1.81. The number of carbonyl (C=O) groups is 2. The van der Waals surface area contributed by atoms with Crippen LogP contribution in [0.4, 0.5) is 4.79 Å². The third kappa shape index (κ3) is 1.29. The van der Waals surface area contributed by atoms with Gasteiger partial charge in [0.2, 0.25) is 0 Å². The van der Waals surface area contributed by atoms with Crippen molar-refractivity contribution >= 4 is 23.3 Å². The number of carbonyl (C=O) groups excluding carboxylic acids is 2. The molecule has 0 radical (unpaired) electrons. The van der Waals surface area contributed by atoms with Crippen LogP contribution in [0.2, 0.25) is 0 Å². The molecule has 6 heteroatoms. The Labute approximate surface area is 78.2 Å². The minimum Gasteiger partial charge on any atom is -0.321 e. The van der Waals surface area contributed by atoms with Crippen LogP contribution in [0, 0.1) is 6.92 Å². The van der Waals surface area contributed by atoms with Crippen LogP contribution in [-0.2, 0) is 4.79 Å². The monoisotopic (exact) mass is 197 g/mol. The van der Waals surface area contributed by atoms with Gasteiger partial charge in [0, 0.05) is 0 Å². The molecule has 0 unspecified atom stereocenters. The van der Waals surface area contributed by atoms with Crippen LogP contribution in [0.5, 0.6) is 0 Å². The molecule has 2 rings (SSSR count). The molecular formula is C7H7N3O2S. The lowest BCUT2D eigenvalue weighted by atomic mass is 10.2. The average molecular weight is 197 g/mol. The number of imide groups is 1. The average Bonchev–Trinajstić information content (AvgIpc) is 2.58. The van der Waals surface area contributed by atoms with Gasteiger partial charge in [0.25, 0.3) is 5.91 Å². The van der Waals surface area contributed by atoms with E-state index in [1.165, 1.54) is 11.3 Å². The number of hydrogen-bond donors (Lipinski definition) is 2. The summed E-state index contributed by atoms with van der Waals surface area (Å²) in [4.78, 5) is 26.8. The molecule has 13 heavy (non-hydrogen) atoms. The molecule has 0 bridgehead atoms. The summed E-state index contributed by atoms with van der Waals surface area (Å²) >= 11 is 1.37. The number of aromatic nitrogens is 1. The molecular weight excluding hydrogens is 190 g/mol. The third-order valence-corrected chi connectivity index (χ3v) is 2.82. The standard InChI is InChI=1S/C7H7N3O2S/c1-3-5(13-2-8-3)4-6(11)10-7(12)9-4/h2,4H,1H3,(H2,9,10,11,12)/t4-/m1/s1. The summed E-state index contributed by atoms with van der Waals surface area (Å²) in [7, 11) is 0. The summed E-state index contributed by atoms with van der Waals surface area (Å²) < 4.78 is 0. The first-order chi connectivity index (χ1) is 6.18. The van der Waals surface area contributed by atoms with Gasteiger partial charge in [0.1, 0.15) is 6.04 Å². The van der Waals surface area contributed by atoms with E-state index in [2.05, 4.69) is 15.6 Å². The molecule has 1 fully saturated rings. The second-order valence-electron chi connectivity index (χ2n) is 2.70. The van der Waals surface area contributed by atoms with Gasteiger partial charge < -0.3 is 5.32 Å². The zero-order valence-electron chi connectivity index (χ0n) is 6.83. The normalized spacial score (nSPS) is 21.5. The molecule has 0 aromatic carbocycles. The molecule has 1 aromatic rings. The largest absolute Gasteiger partial charge is 0.322 e. The number of rotatable bonds is 1. The summed E-state index contributed by atoms with van der Waals surface area (Å²) in [5.74, 6) is -0.308. The first-order valence-corrected chi connectivity index (χ1v) is 4.58. The molecule has 2 heterocycles. The minimum atomic E-state index is -0.556. The number of nitrogens with zero attached hydrogens (tertiary/aromatic N) is 1. The molecule has 3 amide bonds.